The highest BCUT2D eigenvalue weighted by Crippen LogP contribution is 2.16. The molecule has 2 N–H and O–H groups in total. The molecule has 0 saturated heterocycles. The topological polar surface area (TPSA) is 55.7 Å². The Morgan fingerprint density at radius 2 is 2.05 bits per heavy atom. The number of halogens is 1. The Balaban J connectivity index is 0.00000400. The monoisotopic (exact) mass is 333 g/mol. The Hall–Kier alpha value is -0.980. The van der Waals surface area contributed by atoms with Gasteiger partial charge in [0.2, 0.25) is 0 Å². The van der Waals surface area contributed by atoms with E-state index >= 15 is 0 Å². The van der Waals surface area contributed by atoms with Crippen molar-refractivity contribution in [3.8, 4) is 0 Å². The van der Waals surface area contributed by atoms with Crippen LogP contribution in [0.15, 0.2) is 23.4 Å². The van der Waals surface area contributed by atoms with Crippen LogP contribution < -0.4 is 22.6 Å². The van der Waals surface area contributed by atoms with E-state index in [9.17, 15) is 4.79 Å². The van der Waals surface area contributed by atoms with Crippen molar-refractivity contribution in [1.82, 2.24) is 4.98 Å². The lowest BCUT2D eigenvalue weighted by atomic mass is 10.4. The van der Waals surface area contributed by atoms with Gasteiger partial charge in [-0.1, -0.05) is 0 Å². The molecule has 0 aliphatic heterocycles. The van der Waals surface area contributed by atoms with Crippen LogP contribution in [0.1, 0.15) is 20.8 Å². The lowest BCUT2D eigenvalue weighted by Crippen LogP contribution is -3.11. The van der Waals surface area contributed by atoms with Gasteiger partial charge in [0.05, 0.1) is 43.2 Å². The average molecular weight is 334 g/mol. The van der Waals surface area contributed by atoms with Crippen LogP contribution in [0.4, 0.5) is 10.5 Å². The maximum absolute atomic E-state index is 11.2. The van der Waals surface area contributed by atoms with Crippen molar-refractivity contribution in [2.24, 2.45) is 0 Å². The van der Waals surface area contributed by atoms with Crippen LogP contribution in [0, 0.1) is 0 Å². The first kappa shape index (κ1) is 20.0. The molecule has 1 rings (SSSR count). The summed E-state index contributed by atoms with van der Waals surface area (Å²) >= 11 is 1.74. The zero-order valence-electron chi connectivity index (χ0n) is 12.8. The van der Waals surface area contributed by atoms with E-state index < -0.39 is 6.09 Å². The molecule has 0 aliphatic rings. The summed E-state index contributed by atoms with van der Waals surface area (Å²) < 4.78 is 4.81. The van der Waals surface area contributed by atoms with E-state index in [0.29, 0.717) is 12.3 Å². The second-order valence-electron chi connectivity index (χ2n) is 4.29. The van der Waals surface area contributed by atoms with Crippen molar-refractivity contribution in [2.75, 3.05) is 37.3 Å². The first-order chi connectivity index (χ1) is 9.69. The number of quaternary nitrogens is 1. The van der Waals surface area contributed by atoms with Crippen LogP contribution in [0.2, 0.25) is 0 Å². The normalized spacial score (nSPS) is 10.1. The number of thioether (sulfide) groups is 1. The third-order valence-corrected chi connectivity index (χ3v) is 3.91. The molecule has 120 valence electrons. The largest absolute Gasteiger partial charge is 1.00 e. The third kappa shape index (κ3) is 8.14. The minimum absolute atomic E-state index is 0. The number of pyridine rings is 1. The van der Waals surface area contributed by atoms with Gasteiger partial charge >= 0.3 is 6.09 Å². The number of anilines is 1. The molecule has 0 bridgehead atoms. The predicted octanol–water partition coefficient (Wildman–Crippen LogP) is -1.33. The molecule has 0 fully saturated rings. The zero-order chi connectivity index (χ0) is 14.8. The fourth-order valence-corrected chi connectivity index (χ4v) is 2.62. The summed E-state index contributed by atoms with van der Waals surface area (Å²) in [6.45, 7) is 10.0. The Morgan fingerprint density at radius 1 is 1.33 bits per heavy atom. The molecule has 0 aromatic carbocycles. The zero-order valence-corrected chi connectivity index (χ0v) is 14.4. The summed E-state index contributed by atoms with van der Waals surface area (Å²) in [5.74, 6) is 1.05. The molecule has 1 aromatic heterocycles. The van der Waals surface area contributed by atoms with Crippen molar-refractivity contribution in [2.45, 2.75) is 25.8 Å². The Bertz CT molecular complexity index is 400. The molecule has 1 aromatic rings. The van der Waals surface area contributed by atoms with Crippen LogP contribution in [0.25, 0.3) is 0 Å². The van der Waals surface area contributed by atoms with E-state index in [-0.39, 0.29) is 12.4 Å². The van der Waals surface area contributed by atoms with Crippen LogP contribution in [-0.2, 0) is 4.74 Å². The summed E-state index contributed by atoms with van der Waals surface area (Å²) in [5.41, 5.74) is 0.655. The van der Waals surface area contributed by atoms with Crippen LogP contribution >= 0.6 is 11.8 Å². The molecule has 21 heavy (non-hydrogen) atoms. The second-order valence-corrected chi connectivity index (χ2v) is 5.40. The number of carbonyl (C=O) groups excluding carboxylic acids is 1. The van der Waals surface area contributed by atoms with E-state index in [2.05, 4.69) is 24.1 Å². The van der Waals surface area contributed by atoms with Crippen molar-refractivity contribution < 1.29 is 26.8 Å². The quantitative estimate of drug-likeness (QED) is 0.579. The van der Waals surface area contributed by atoms with Crippen molar-refractivity contribution >= 4 is 23.5 Å². The van der Waals surface area contributed by atoms with E-state index in [1.165, 1.54) is 0 Å². The van der Waals surface area contributed by atoms with Gasteiger partial charge < -0.3 is 22.0 Å². The fourth-order valence-electron chi connectivity index (χ4n) is 1.73. The van der Waals surface area contributed by atoms with Gasteiger partial charge in [0, 0.05) is 5.75 Å². The summed E-state index contributed by atoms with van der Waals surface area (Å²) in [4.78, 5) is 17.2. The molecule has 5 nitrogen and oxygen atoms in total. The van der Waals surface area contributed by atoms with Gasteiger partial charge in [0.25, 0.3) is 0 Å². The van der Waals surface area contributed by atoms with Crippen LogP contribution in [0.3, 0.4) is 0 Å². The molecule has 1 amide bonds. The molecule has 1 heterocycles. The van der Waals surface area contributed by atoms with Crippen LogP contribution in [-0.4, -0.2) is 43.1 Å². The number of carbonyl (C=O) groups is 1. The molecule has 0 unspecified atom stereocenters. The highest BCUT2D eigenvalue weighted by Gasteiger charge is 2.05. The smallest absolute Gasteiger partial charge is 0.411 e. The van der Waals surface area contributed by atoms with Crippen molar-refractivity contribution in [1.29, 1.82) is 0 Å². The average Bonchev–Trinajstić information content (AvgIpc) is 2.45. The Morgan fingerprint density at radius 3 is 2.57 bits per heavy atom. The van der Waals surface area contributed by atoms with E-state index in [0.717, 1.165) is 30.4 Å². The van der Waals surface area contributed by atoms with Gasteiger partial charge in [0.15, 0.2) is 0 Å². The first-order valence-corrected chi connectivity index (χ1v) is 8.04. The summed E-state index contributed by atoms with van der Waals surface area (Å²) in [6, 6.07) is 3.76. The standard InChI is InChI=1S/C14H23N3O2S.ClH/c1-4-17(5-2)9-10-20-13-8-7-12(11-15-13)16-14(18)19-6-3;/h7-8,11H,4-6,9-10H2,1-3H3,(H,16,18);1H. The predicted molar refractivity (Wildman–Crippen MR) is 82.5 cm³/mol. The fraction of sp³-hybridized carbons (Fsp3) is 0.571. The molecule has 0 saturated carbocycles. The third-order valence-electron chi connectivity index (χ3n) is 2.96. The highest BCUT2D eigenvalue weighted by atomic mass is 35.5. The number of aromatic nitrogens is 1. The molecular formula is C14H24ClN3O2S. The number of nitrogens with zero attached hydrogens (tertiary/aromatic N) is 1. The second kappa shape index (κ2) is 11.7. The van der Waals surface area contributed by atoms with Gasteiger partial charge in [0.1, 0.15) is 0 Å². The van der Waals surface area contributed by atoms with Gasteiger partial charge in [-0.2, -0.15) is 0 Å². The first-order valence-electron chi connectivity index (χ1n) is 7.05. The number of amides is 1. The molecular weight excluding hydrogens is 310 g/mol. The lowest BCUT2D eigenvalue weighted by molar-refractivity contribution is -0.893. The van der Waals surface area contributed by atoms with E-state index in [1.54, 1.807) is 29.8 Å². The number of rotatable bonds is 8. The van der Waals surface area contributed by atoms with E-state index in [4.69, 9.17) is 4.74 Å². The maximum atomic E-state index is 11.2. The molecule has 7 heteroatoms. The maximum Gasteiger partial charge on any atom is 0.411 e. The molecule has 0 atom stereocenters. The van der Waals surface area contributed by atoms with Crippen molar-refractivity contribution in [3.63, 3.8) is 0 Å². The Labute approximate surface area is 137 Å². The number of nitrogens with one attached hydrogen (secondary N) is 2. The minimum atomic E-state index is -0.445. The number of ether oxygens (including phenoxy) is 1. The molecule has 0 aliphatic carbocycles. The Kier molecular flexibility index (Phi) is 11.1. The highest BCUT2D eigenvalue weighted by molar-refractivity contribution is 7.99. The van der Waals surface area contributed by atoms with E-state index in [1.807, 2.05) is 12.1 Å². The molecule has 0 spiro atoms. The number of hydrogen-bond donors (Lipinski definition) is 2. The number of hydrogen-bond acceptors (Lipinski definition) is 4. The van der Waals surface area contributed by atoms with Gasteiger partial charge in [-0.05, 0) is 32.9 Å². The van der Waals surface area contributed by atoms with Gasteiger partial charge in [-0.25, -0.2) is 9.78 Å². The summed E-state index contributed by atoms with van der Waals surface area (Å²) in [6.07, 6.45) is 1.21. The van der Waals surface area contributed by atoms with Crippen molar-refractivity contribution in [3.05, 3.63) is 18.3 Å². The molecule has 0 radical (unpaired) electrons. The van der Waals surface area contributed by atoms with Gasteiger partial charge in [-0.15, -0.1) is 11.8 Å². The SMILES string of the molecule is CCOC(=O)Nc1ccc(SCC[NH+](CC)CC)nc1.[Cl-]. The summed E-state index contributed by atoms with van der Waals surface area (Å²) in [7, 11) is 0. The summed E-state index contributed by atoms with van der Waals surface area (Å²) in [5, 5.41) is 3.60. The van der Waals surface area contributed by atoms with Gasteiger partial charge in [-0.3, -0.25) is 5.32 Å². The van der Waals surface area contributed by atoms with Crippen LogP contribution in [0.5, 0.6) is 0 Å². The minimum Gasteiger partial charge on any atom is -1.00 e. The lowest BCUT2D eigenvalue weighted by Gasteiger charge is -2.14.